The Morgan fingerprint density at radius 3 is 2.09 bits per heavy atom. The average molecular weight is 496 g/mol. The Bertz CT molecular complexity index is 1130. The Balaban J connectivity index is 1.49. The van der Waals surface area contributed by atoms with Crippen LogP contribution in [-0.4, -0.2) is 31.1 Å². The number of benzene rings is 3. The van der Waals surface area contributed by atoms with Crippen molar-refractivity contribution in [1.82, 2.24) is 5.43 Å². The van der Waals surface area contributed by atoms with E-state index in [1.54, 1.807) is 72.8 Å². The van der Waals surface area contributed by atoms with E-state index in [4.69, 9.17) is 9.47 Å². The quantitative estimate of drug-likeness (QED) is 0.178. The van der Waals surface area contributed by atoms with Gasteiger partial charge in [-0.05, 0) is 78.4 Å². The maximum Gasteiger partial charge on any atom is 0.343 e. The summed E-state index contributed by atoms with van der Waals surface area (Å²) < 4.78 is 11.2. The zero-order valence-corrected chi connectivity index (χ0v) is 18.5. The van der Waals surface area contributed by atoms with E-state index >= 15 is 0 Å². The molecule has 0 fully saturated rings. The molecule has 2 amide bonds. The second-order valence-electron chi connectivity index (χ2n) is 6.35. The number of carbonyl (C=O) groups excluding carboxylic acids is 3. The van der Waals surface area contributed by atoms with Crippen LogP contribution in [0.1, 0.15) is 15.9 Å². The molecule has 3 rings (SSSR count). The van der Waals surface area contributed by atoms with Gasteiger partial charge >= 0.3 is 17.8 Å². The molecule has 0 bridgehead atoms. The summed E-state index contributed by atoms with van der Waals surface area (Å²) >= 11 is 3.31. The summed E-state index contributed by atoms with van der Waals surface area (Å²) in [5, 5.41) is 6.21. The lowest BCUT2D eigenvalue weighted by Gasteiger charge is -2.05. The van der Waals surface area contributed by atoms with Gasteiger partial charge in [-0.25, -0.2) is 10.2 Å². The first-order chi connectivity index (χ1) is 15.4. The van der Waals surface area contributed by atoms with Crippen LogP contribution in [0.15, 0.2) is 82.4 Å². The number of esters is 1. The van der Waals surface area contributed by atoms with Gasteiger partial charge in [0.05, 0.1) is 18.9 Å². The fourth-order valence-electron chi connectivity index (χ4n) is 2.45. The molecule has 0 aliphatic carbocycles. The van der Waals surface area contributed by atoms with Crippen LogP contribution in [0.4, 0.5) is 5.69 Å². The summed E-state index contributed by atoms with van der Waals surface area (Å²) in [5.41, 5.74) is 3.65. The van der Waals surface area contributed by atoms with Crippen molar-refractivity contribution in [2.45, 2.75) is 0 Å². The van der Waals surface area contributed by atoms with Gasteiger partial charge in [0.25, 0.3) is 0 Å². The molecule has 32 heavy (non-hydrogen) atoms. The molecule has 0 atom stereocenters. The number of anilines is 1. The number of rotatable bonds is 6. The molecule has 3 aromatic carbocycles. The smallest absolute Gasteiger partial charge is 0.343 e. The van der Waals surface area contributed by atoms with Crippen molar-refractivity contribution in [3.05, 3.63) is 88.4 Å². The number of carbonyl (C=O) groups is 3. The van der Waals surface area contributed by atoms with E-state index in [0.29, 0.717) is 28.3 Å². The van der Waals surface area contributed by atoms with Crippen LogP contribution in [0.5, 0.6) is 11.5 Å². The largest absolute Gasteiger partial charge is 0.497 e. The topological polar surface area (TPSA) is 106 Å². The third-order valence-electron chi connectivity index (χ3n) is 4.10. The van der Waals surface area contributed by atoms with E-state index in [2.05, 4.69) is 31.8 Å². The molecule has 0 radical (unpaired) electrons. The molecular weight excluding hydrogens is 478 g/mol. The zero-order valence-electron chi connectivity index (χ0n) is 16.9. The van der Waals surface area contributed by atoms with Gasteiger partial charge in [-0.1, -0.05) is 15.9 Å². The molecule has 0 saturated heterocycles. The number of ether oxygens (including phenoxy) is 2. The molecule has 0 aliphatic rings. The van der Waals surface area contributed by atoms with Crippen LogP contribution < -0.4 is 20.2 Å². The van der Waals surface area contributed by atoms with Gasteiger partial charge in [-0.15, -0.1) is 0 Å². The maximum absolute atomic E-state index is 12.1. The summed E-state index contributed by atoms with van der Waals surface area (Å²) in [6.07, 6.45) is 1.36. The summed E-state index contributed by atoms with van der Waals surface area (Å²) in [6.45, 7) is 0. The minimum Gasteiger partial charge on any atom is -0.497 e. The fourth-order valence-corrected chi connectivity index (χ4v) is 2.72. The summed E-state index contributed by atoms with van der Waals surface area (Å²) in [6, 6.07) is 19.8. The van der Waals surface area contributed by atoms with Gasteiger partial charge in [-0.2, -0.15) is 5.10 Å². The number of hydrogen-bond donors (Lipinski definition) is 2. The molecule has 0 unspecified atom stereocenters. The van der Waals surface area contributed by atoms with E-state index in [1.807, 2.05) is 0 Å². The highest BCUT2D eigenvalue weighted by atomic mass is 79.9. The summed E-state index contributed by atoms with van der Waals surface area (Å²) in [4.78, 5) is 35.9. The van der Waals surface area contributed by atoms with Crippen molar-refractivity contribution in [1.29, 1.82) is 0 Å². The third kappa shape index (κ3) is 6.51. The molecule has 0 heterocycles. The van der Waals surface area contributed by atoms with Crippen LogP contribution in [0.2, 0.25) is 0 Å². The third-order valence-corrected chi connectivity index (χ3v) is 4.63. The molecular formula is C23H18BrN3O5. The fraction of sp³-hybridized carbons (Fsp3) is 0.0435. The zero-order chi connectivity index (χ0) is 22.9. The van der Waals surface area contributed by atoms with Crippen molar-refractivity contribution < 1.29 is 23.9 Å². The Labute approximate surface area is 192 Å². The standard InChI is InChI=1S/C23H18BrN3O5/c1-31-19-12-8-18(9-13-19)26-21(28)22(29)27-25-14-15-2-10-20(11-3-15)32-23(30)16-4-6-17(24)7-5-16/h2-14H,1H3,(H,26,28)(H,27,29)/b25-14-. The lowest BCUT2D eigenvalue weighted by atomic mass is 10.2. The van der Waals surface area contributed by atoms with E-state index < -0.39 is 17.8 Å². The Kier molecular flexibility index (Phi) is 7.71. The maximum atomic E-state index is 12.1. The predicted molar refractivity (Wildman–Crippen MR) is 123 cm³/mol. The van der Waals surface area contributed by atoms with Crippen molar-refractivity contribution in [2.75, 3.05) is 12.4 Å². The Morgan fingerprint density at radius 2 is 1.47 bits per heavy atom. The molecule has 162 valence electrons. The minimum absolute atomic E-state index is 0.359. The van der Waals surface area contributed by atoms with Crippen LogP contribution in [0, 0.1) is 0 Å². The van der Waals surface area contributed by atoms with E-state index in [-0.39, 0.29) is 0 Å². The Morgan fingerprint density at radius 1 is 0.844 bits per heavy atom. The molecule has 0 aromatic heterocycles. The summed E-state index contributed by atoms with van der Waals surface area (Å²) in [7, 11) is 1.53. The first-order valence-electron chi connectivity index (χ1n) is 9.31. The van der Waals surface area contributed by atoms with Gasteiger partial charge in [0.1, 0.15) is 11.5 Å². The number of hydrazone groups is 1. The first-order valence-corrected chi connectivity index (χ1v) is 10.1. The lowest BCUT2D eigenvalue weighted by molar-refractivity contribution is -0.136. The number of amides is 2. The normalized spacial score (nSPS) is 10.4. The SMILES string of the molecule is COc1ccc(NC(=O)C(=O)N/N=C\c2ccc(OC(=O)c3ccc(Br)cc3)cc2)cc1. The molecule has 2 N–H and O–H groups in total. The van der Waals surface area contributed by atoms with Gasteiger partial charge in [-0.3, -0.25) is 9.59 Å². The highest BCUT2D eigenvalue weighted by molar-refractivity contribution is 9.10. The molecule has 0 spiro atoms. The van der Waals surface area contributed by atoms with Crippen LogP contribution >= 0.6 is 15.9 Å². The number of halogens is 1. The van der Waals surface area contributed by atoms with Crippen LogP contribution in [0.3, 0.4) is 0 Å². The van der Waals surface area contributed by atoms with Gasteiger partial charge in [0, 0.05) is 10.2 Å². The minimum atomic E-state index is -0.919. The van der Waals surface area contributed by atoms with E-state index in [0.717, 1.165) is 4.47 Å². The monoisotopic (exact) mass is 495 g/mol. The second-order valence-corrected chi connectivity index (χ2v) is 7.26. The van der Waals surface area contributed by atoms with Crippen LogP contribution in [-0.2, 0) is 9.59 Å². The van der Waals surface area contributed by atoms with E-state index in [9.17, 15) is 14.4 Å². The number of nitrogens with one attached hydrogen (secondary N) is 2. The van der Waals surface area contributed by atoms with E-state index in [1.165, 1.54) is 13.3 Å². The molecule has 0 saturated carbocycles. The lowest BCUT2D eigenvalue weighted by Crippen LogP contribution is -2.32. The molecule has 8 nitrogen and oxygen atoms in total. The van der Waals surface area contributed by atoms with Crippen LogP contribution in [0.25, 0.3) is 0 Å². The first kappa shape index (κ1) is 22.7. The average Bonchev–Trinajstić information content (AvgIpc) is 2.81. The molecule has 0 aliphatic heterocycles. The van der Waals surface area contributed by atoms with Crippen molar-refractivity contribution in [3.8, 4) is 11.5 Å². The summed E-state index contributed by atoms with van der Waals surface area (Å²) in [5.74, 6) is -1.27. The number of hydrogen-bond acceptors (Lipinski definition) is 6. The second kappa shape index (κ2) is 10.9. The highest BCUT2D eigenvalue weighted by Crippen LogP contribution is 2.16. The van der Waals surface area contributed by atoms with Crippen molar-refractivity contribution in [2.24, 2.45) is 5.10 Å². The van der Waals surface area contributed by atoms with Gasteiger partial charge in [0.2, 0.25) is 0 Å². The van der Waals surface area contributed by atoms with Crippen molar-refractivity contribution in [3.63, 3.8) is 0 Å². The Hall–Kier alpha value is -3.98. The number of methoxy groups -OCH3 is 1. The van der Waals surface area contributed by atoms with Gasteiger partial charge < -0.3 is 14.8 Å². The molecule has 9 heteroatoms. The van der Waals surface area contributed by atoms with Gasteiger partial charge in [0.15, 0.2) is 0 Å². The predicted octanol–water partition coefficient (Wildman–Crippen LogP) is 3.77. The number of nitrogens with zero attached hydrogens (tertiary/aromatic N) is 1. The van der Waals surface area contributed by atoms with Crippen molar-refractivity contribution >= 4 is 45.6 Å². The molecule has 3 aromatic rings. The highest BCUT2D eigenvalue weighted by Gasteiger charge is 2.13.